The summed E-state index contributed by atoms with van der Waals surface area (Å²) in [6.07, 6.45) is 4.36. The average Bonchev–Trinajstić information content (AvgIpc) is 3.48. The fourth-order valence-corrected chi connectivity index (χ4v) is 4.88. The molecule has 1 aliphatic heterocycles. The van der Waals surface area contributed by atoms with E-state index in [0.29, 0.717) is 12.0 Å². The fraction of sp³-hybridized carbons (Fsp3) is 0.409. The molecule has 1 atom stereocenters. The van der Waals surface area contributed by atoms with Gasteiger partial charge in [0.1, 0.15) is 12.4 Å². The van der Waals surface area contributed by atoms with Crippen molar-refractivity contribution in [3.05, 3.63) is 58.0 Å². The molecule has 2 amide bonds. The van der Waals surface area contributed by atoms with Crippen LogP contribution in [0.1, 0.15) is 48.6 Å². The number of rotatable bonds is 5. The molecule has 0 bridgehead atoms. The summed E-state index contributed by atoms with van der Waals surface area (Å²) in [7, 11) is 1.66. The number of carbonyl (C=O) groups excluding carboxylic acids is 2. The van der Waals surface area contributed by atoms with Gasteiger partial charge in [-0.2, -0.15) is 5.10 Å². The van der Waals surface area contributed by atoms with Crippen molar-refractivity contribution in [2.45, 2.75) is 38.1 Å². The minimum Gasteiger partial charge on any atom is -0.336 e. The number of halogens is 1. The van der Waals surface area contributed by atoms with Gasteiger partial charge >= 0.3 is 0 Å². The molecule has 2 heterocycles. The largest absolute Gasteiger partial charge is 0.336 e. The van der Waals surface area contributed by atoms with Gasteiger partial charge in [-0.15, -0.1) is 11.3 Å². The van der Waals surface area contributed by atoms with E-state index < -0.39 is 6.04 Å². The Balaban J connectivity index is 1.56. The predicted molar refractivity (Wildman–Crippen MR) is 111 cm³/mol. The van der Waals surface area contributed by atoms with Crippen molar-refractivity contribution in [2.24, 2.45) is 11.0 Å². The van der Waals surface area contributed by atoms with Crippen LogP contribution in [0, 0.1) is 11.7 Å². The first kappa shape index (κ1) is 19.8. The van der Waals surface area contributed by atoms with Crippen LogP contribution in [0.15, 0.2) is 46.9 Å². The molecule has 0 N–H and O–H groups in total. The summed E-state index contributed by atoms with van der Waals surface area (Å²) in [5, 5.41) is 7.87. The molecule has 2 aromatic rings. The molecule has 1 aliphatic carbocycles. The first-order valence-corrected chi connectivity index (χ1v) is 10.9. The lowest BCUT2D eigenvalue weighted by Gasteiger charge is -2.26. The Morgan fingerprint density at radius 3 is 2.66 bits per heavy atom. The zero-order valence-electron chi connectivity index (χ0n) is 16.4. The quantitative estimate of drug-likeness (QED) is 0.737. The fourth-order valence-electron chi connectivity index (χ4n) is 4.16. The maximum atomic E-state index is 14.5. The molecule has 5 nitrogen and oxygen atoms in total. The number of hydrogen-bond acceptors (Lipinski definition) is 4. The second kappa shape index (κ2) is 8.45. The normalized spacial score (nSPS) is 19.4. The summed E-state index contributed by atoms with van der Waals surface area (Å²) < 4.78 is 14.5. The molecule has 1 aromatic heterocycles. The summed E-state index contributed by atoms with van der Waals surface area (Å²) in [6.45, 7) is -0.0541. The molecule has 1 fully saturated rings. The molecule has 1 saturated carbocycles. The van der Waals surface area contributed by atoms with Crippen molar-refractivity contribution in [1.29, 1.82) is 0 Å². The number of nitrogens with zero attached hydrogens (tertiary/aromatic N) is 3. The highest BCUT2D eigenvalue weighted by molar-refractivity contribution is 7.12. The number of hydrogen-bond donors (Lipinski definition) is 0. The molecule has 0 saturated heterocycles. The van der Waals surface area contributed by atoms with E-state index in [1.165, 1.54) is 16.0 Å². The van der Waals surface area contributed by atoms with Gasteiger partial charge in [-0.25, -0.2) is 9.40 Å². The Kier molecular flexibility index (Phi) is 5.76. The first-order chi connectivity index (χ1) is 14.0. The van der Waals surface area contributed by atoms with Gasteiger partial charge in [0.05, 0.1) is 16.6 Å². The standard InChI is InChI=1S/C22H24FN3O2S/c1-25(22(28)15-7-2-3-8-15)14-21(27)26-19(16-9-4-5-10-17(16)23)13-18(24-26)20-11-6-12-29-20/h4-6,9-12,15,19H,2-3,7-8,13-14H2,1H3/t19-/m0/s1. The zero-order chi connectivity index (χ0) is 20.4. The number of hydrazone groups is 1. The van der Waals surface area contributed by atoms with Gasteiger partial charge in [0.2, 0.25) is 5.91 Å². The van der Waals surface area contributed by atoms with Crippen LogP contribution < -0.4 is 0 Å². The number of carbonyl (C=O) groups is 2. The Bertz CT molecular complexity index is 922. The Hall–Kier alpha value is -2.54. The summed E-state index contributed by atoms with van der Waals surface area (Å²) in [6, 6.07) is 9.87. The highest BCUT2D eigenvalue weighted by atomic mass is 32.1. The lowest BCUT2D eigenvalue weighted by Crippen LogP contribution is -2.41. The Morgan fingerprint density at radius 1 is 1.21 bits per heavy atom. The van der Waals surface area contributed by atoms with Crippen molar-refractivity contribution in [2.75, 3.05) is 13.6 Å². The van der Waals surface area contributed by atoms with Gasteiger partial charge in [-0.05, 0) is 30.4 Å². The number of amides is 2. The van der Waals surface area contributed by atoms with Crippen LogP contribution in [0.2, 0.25) is 0 Å². The minimum absolute atomic E-state index is 0.0129. The molecular weight excluding hydrogens is 389 g/mol. The molecule has 152 valence electrons. The average molecular weight is 414 g/mol. The Morgan fingerprint density at radius 2 is 1.97 bits per heavy atom. The summed E-state index contributed by atoms with van der Waals surface area (Å²) >= 11 is 1.54. The maximum Gasteiger partial charge on any atom is 0.262 e. The van der Waals surface area contributed by atoms with E-state index in [2.05, 4.69) is 5.10 Å². The molecule has 29 heavy (non-hydrogen) atoms. The molecule has 0 spiro atoms. The third kappa shape index (κ3) is 4.10. The maximum absolute atomic E-state index is 14.5. The zero-order valence-corrected chi connectivity index (χ0v) is 17.2. The van der Waals surface area contributed by atoms with Gasteiger partial charge in [0, 0.05) is 24.9 Å². The van der Waals surface area contributed by atoms with Crippen LogP contribution >= 0.6 is 11.3 Å². The van der Waals surface area contributed by atoms with Gasteiger partial charge < -0.3 is 4.90 Å². The molecule has 0 radical (unpaired) electrons. The van der Waals surface area contributed by atoms with E-state index >= 15 is 0 Å². The monoisotopic (exact) mass is 413 g/mol. The van der Waals surface area contributed by atoms with Crippen LogP contribution in [0.3, 0.4) is 0 Å². The van der Waals surface area contributed by atoms with Gasteiger partial charge in [-0.1, -0.05) is 37.1 Å². The number of thiophene rings is 1. The second-order valence-electron chi connectivity index (χ2n) is 7.68. The van der Waals surface area contributed by atoms with E-state index in [9.17, 15) is 14.0 Å². The third-order valence-electron chi connectivity index (χ3n) is 5.69. The highest BCUT2D eigenvalue weighted by Crippen LogP contribution is 2.35. The third-order valence-corrected chi connectivity index (χ3v) is 6.61. The van der Waals surface area contributed by atoms with E-state index in [0.717, 1.165) is 36.3 Å². The summed E-state index contributed by atoms with van der Waals surface area (Å²) in [4.78, 5) is 28.2. The molecule has 7 heteroatoms. The van der Waals surface area contributed by atoms with Crippen molar-refractivity contribution < 1.29 is 14.0 Å². The number of likely N-dealkylation sites (N-methyl/N-ethyl adjacent to an activating group) is 1. The smallest absolute Gasteiger partial charge is 0.262 e. The topological polar surface area (TPSA) is 53.0 Å². The van der Waals surface area contributed by atoms with E-state index in [4.69, 9.17) is 0 Å². The van der Waals surface area contributed by atoms with Gasteiger partial charge in [0.25, 0.3) is 5.91 Å². The number of benzene rings is 1. The molecular formula is C22H24FN3O2S. The van der Waals surface area contributed by atoms with Crippen LogP contribution in [0.4, 0.5) is 4.39 Å². The molecule has 2 aliphatic rings. The predicted octanol–water partition coefficient (Wildman–Crippen LogP) is 4.21. The van der Waals surface area contributed by atoms with Crippen molar-refractivity contribution in [3.8, 4) is 0 Å². The second-order valence-corrected chi connectivity index (χ2v) is 8.63. The van der Waals surface area contributed by atoms with E-state index in [1.54, 1.807) is 36.6 Å². The minimum atomic E-state index is -0.504. The van der Waals surface area contributed by atoms with Gasteiger partial charge in [0.15, 0.2) is 0 Å². The van der Waals surface area contributed by atoms with Crippen LogP contribution in [0.25, 0.3) is 0 Å². The lowest BCUT2D eigenvalue weighted by molar-refractivity contribution is -0.142. The lowest BCUT2D eigenvalue weighted by atomic mass is 10.0. The Labute approximate surface area is 173 Å². The molecule has 1 aromatic carbocycles. The van der Waals surface area contributed by atoms with Crippen molar-refractivity contribution in [3.63, 3.8) is 0 Å². The summed E-state index contributed by atoms with van der Waals surface area (Å²) in [5.41, 5.74) is 1.22. The van der Waals surface area contributed by atoms with Crippen molar-refractivity contribution in [1.82, 2.24) is 9.91 Å². The van der Waals surface area contributed by atoms with E-state index in [1.807, 2.05) is 17.5 Å². The van der Waals surface area contributed by atoms with Crippen LogP contribution in [-0.2, 0) is 9.59 Å². The SMILES string of the molecule is CN(CC(=O)N1N=C(c2cccs2)C[C@H]1c1ccccc1F)C(=O)C1CCCC1. The first-order valence-electron chi connectivity index (χ1n) is 9.97. The van der Waals surface area contributed by atoms with Gasteiger partial charge in [-0.3, -0.25) is 9.59 Å². The highest BCUT2D eigenvalue weighted by Gasteiger charge is 2.36. The molecule has 0 unspecified atom stereocenters. The van der Waals surface area contributed by atoms with E-state index in [-0.39, 0.29) is 30.1 Å². The van der Waals surface area contributed by atoms with Crippen LogP contribution in [-0.4, -0.2) is 41.0 Å². The van der Waals surface area contributed by atoms with Crippen molar-refractivity contribution >= 4 is 28.9 Å². The van der Waals surface area contributed by atoms with Crippen LogP contribution in [0.5, 0.6) is 0 Å². The molecule has 4 rings (SSSR count). The summed E-state index contributed by atoms with van der Waals surface area (Å²) in [5.74, 6) is -0.620.